The minimum Gasteiger partial charge on any atom is -0.370 e. The lowest BCUT2D eigenvalue weighted by Crippen LogP contribution is -2.62. The largest absolute Gasteiger partial charge is 0.370 e. The van der Waals surface area contributed by atoms with Crippen molar-refractivity contribution in [2.45, 2.75) is 81.2 Å². The molecular formula is C55H72N18O7. The third-order valence-corrected chi connectivity index (χ3v) is 13.0. The van der Waals surface area contributed by atoms with E-state index in [-0.39, 0.29) is 76.6 Å². The number of fused-ring (bicyclic) bond motifs is 2. The average Bonchev–Trinajstić information content (AvgIpc) is 4.07. The Hall–Kier alpha value is -9.49. The fourth-order valence-corrected chi connectivity index (χ4v) is 8.89. The molecule has 80 heavy (non-hydrogen) atoms. The van der Waals surface area contributed by atoms with Crippen LogP contribution in [0, 0.1) is 0 Å². The molecule has 8 amide bonds. The van der Waals surface area contributed by atoms with Crippen molar-refractivity contribution in [2.75, 3.05) is 38.0 Å². The summed E-state index contributed by atoms with van der Waals surface area (Å²) in [6.07, 6.45) is 3.87. The van der Waals surface area contributed by atoms with Crippen LogP contribution in [0.15, 0.2) is 132 Å². The van der Waals surface area contributed by atoms with Crippen molar-refractivity contribution >= 4 is 80.9 Å². The number of urea groups is 1. The average molecular weight is 1100 g/mol. The zero-order valence-corrected chi connectivity index (χ0v) is 44.2. The molecule has 0 aliphatic carbocycles. The summed E-state index contributed by atoms with van der Waals surface area (Å²) in [5, 5.41) is 18.1. The van der Waals surface area contributed by atoms with Crippen molar-refractivity contribution in [1.29, 1.82) is 0 Å². The first-order chi connectivity index (χ1) is 38.5. The highest BCUT2D eigenvalue weighted by atomic mass is 16.2. The van der Waals surface area contributed by atoms with Crippen molar-refractivity contribution in [3.8, 4) is 0 Å². The van der Waals surface area contributed by atoms with E-state index in [1.807, 2.05) is 48.5 Å². The lowest BCUT2D eigenvalue weighted by atomic mass is 10.0. The smallest absolute Gasteiger partial charge is 0.321 e. The number of aromatic amines is 2. The summed E-state index contributed by atoms with van der Waals surface area (Å²) in [5.74, 6) is -5.16. The molecule has 424 valence electrons. The summed E-state index contributed by atoms with van der Waals surface area (Å²) < 4.78 is 0. The second kappa shape index (κ2) is 29.9. The Kier molecular flexibility index (Phi) is 22.3. The maximum absolute atomic E-state index is 15.2. The van der Waals surface area contributed by atoms with E-state index >= 15 is 9.59 Å². The van der Waals surface area contributed by atoms with Crippen LogP contribution >= 0.6 is 0 Å². The van der Waals surface area contributed by atoms with E-state index in [1.165, 1.54) is 4.90 Å². The number of anilines is 1. The summed E-state index contributed by atoms with van der Waals surface area (Å²) in [6, 6.07) is 23.3. The van der Waals surface area contributed by atoms with Crippen LogP contribution in [0.2, 0.25) is 0 Å². The molecule has 25 heteroatoms. The minimum absolute atomic E-state index is 0.000672. The van der Waals surface area contributed by atoms with Gasteiger partial charge in [0.15, 0.2) is 11.9 Å². The summed E-state index contributed by atoms with van der Waals surface area (Å²) in [6.45, 7) is -0.263. The van der Waals surface area contributed by atoms with Crippen LogP contribution in [0.4, 0.5) is 10.5 Å². The first-order valence-corrected chi connectivity index (χ1v) is 26.1. The molecule has 0 fully saturated rings. The number of H-pyrrole nitrogens is 2. The Balaban J connectivity index is 1.35. The van der Waals surface area contributed by atoms with Crippen LogP contribution in [-0.4, -0.2) is 137 Å². The predicted molar refractivity (Wildman–Crippen MR) is 307 cm³/mol. The molecule has 0 saturated carbocycles. The highest BCUT2D eigenvalue weighted by Crippen LogP contribution is 2.22. The molecule has 0 radical (unpaired) electrons. The number of benzene rings is 4. The highest BCUT2D eigenvalue weighted by molar-refractivity contribution is 5.98. The van der Waals surface area contributed by atoms with Crippen LogP contribution in [0.1, 0.15) is 42.4 Å². The maximum atomic E-state index is 15.2. The molecule has 0 aliphatic rings. The zero-order valence-electron chi connectivity index (χ0n) is 44.2. The molecule has 4 aromatic carbocycles. The van der Waals surface area contributed by atoms with Crippen LogP contribution in [0.3, 0.4) is 0 Å². The Morgan fingerprint density at radius 2 is 0.963 bits per heavy atom. The number of nitrogens with two attached hydrogens (primary N) is 7. The molecule has 2 aromatic heterocycles. The van der Waals surface area contributed by atoms with Crippen LogP contribution < -0.4 is 72.0 Å². The number of hydrogen-bond acceptors (Lipinski definition) is 11. The normalized spacial score (nSPS) is 13.3. The van der Waals surface area contributed by atoms with Gasteiger partial charge in [-0.15, -0.1) is 0 Å². The van der Waals surface area contributed by atoms with Gasteiger partial charge in [-0.05, 0) is 66.6 Å². The number of para-hydroxylation sites is 3. The molecule has 6 rings (SSSR count). The third-order valence-electron chi connectivity index (χ3n) is 13.0. The number of carbonyl (C=O) groups is 7. The molecule has 0 bridgehead atoms. The predicted octanol–water partition coefficient (Wildman–Crippen LogP) is -0.486. The number of hydrogen-bond donors (Lipinski definition) is 15. The van der Waals surface area contributed by atoms with E-state index in [0.29, 0.717) is 28.8 Å². The van der Waals surface area contributed by atoms with E-state index in [2.05, 4.69) is 51.9 Å². The Morgan fingerprint density at radius 1 is 0.512 bits per heavy atom. The molecule has 22 N–H and O–H groups in total. The summed E-state index contributed by atoms with van der Waals surface area (Å²) in [5.41, 5.74) is 44.0. The van der Waals surface area contributed by atoms with Crippen molar-refractivity contribution in [2.24, 2.45) is 50.1 Å². The molecule has 6 aromatic rings. The van der Waals surface area contributed by atoms with Crippen molar-refractivity contribution in [3.05, 3.63) is 138 Å². The molecule has 0 unspecified atom stereocenters. The van der Waals surface area contributed by atoms with Crippen LogP contribution in [-0.2, 0) is 48.0 Å². The Bertz CT molecular complexity index is 3100. The topological polar surface area (TPSA) is 433 Å². The van der Waals surface area contributed by atoms with E-state index in [9.17, 15) is 24.0 Å². The second-order valence-electron chi connectivity index (χ2n) is 19.1. The number of primary amides is 1. The maximum Gasteiger partial charge on any atom is 0.321 e. The number of aromatic nitrogens is 2. The summed E-state index contributed by atoms with van der Waals surface area (Å²) in [7, 11) is 0. The standard InChI is InChI=1S/C55H72N18O7/c56-23-26-73(55(80)67-36-15-5-2-6-16-36)32-46(52(79)69-43(47(58)74)27-33-13-3-1-4-14-33)72-51(78)45(29-35-31-66-41-21-10-8-18-38(35)41)71-50(77)44(28-34-30-65-40-20-9-7-17-37(34)40)70-49(76)42(22-12-25-64-54(61)62)68-48(75)39(57)19-11-24-63-53(59)60/h1-10,13-18,20-21,30-31,39,42-46,65-66H,11-12,19,22-29,32,56-57H2,(H2,58,74)(H,67,80)(H,68,75)(H,69,79)(H,70,76)(H,71,77)(H,72,78)(H4,59,60,63)(H4,61,62,64)/t39-,42-,43-,44-,45-,46-/m0/s1. The monoisotopic (exact) mass is 1100 g/mol. The van der Waals surface area contributed by atoms with Gasteiger partial charge in [0.25, 0.3) is 0 Å². The summed E-state index contributed by atoms with van der Waals surface area (Å²) >= 11 is 0. The molecule has 6 atom stereocenters. The van der Waals surface area contributed by atoms with Gasteiger partial charge in [-0.25, -0.2) is 4.79 Å². The van der Waals surface area contributed by atoms with Gasteiger partial charge in [-0.2, -0.15) is 0 Å². The number of guanidine groups is 2. The molecule has 25 nitrogen and oxygen atoms in total. The van der Waals surface area contributed by atoms with Crippen LogP contribution in [0.5, 0.6) is 0 Å². The number of nitrogens with one attached hydrogen (secondary N) is 8. The van der Waals surface area contributed by atoms with Gasteiger partial charge in [0, 0.05) is 85.3 Å². The number of aliphatic imine (C=N–C) groups is 2. The fourth-order valence-electron chi connectivity index (χ4n) is 8.89. The van der Waals surface area contributed by atoms with E-state index in [4.69, 9.17) is 40.1 Å². The molecule has 0 saturated heterocycles. The first kappa shape index (κ1) is 59.7. The van der Waals surface area contributed by atoms with Crippen molar-refractivity contribution in [3.63, 3.8) is 0 Å². The van der Waals surface area contributed by atoms with E-state index in [0.717, 1.165) is 21.8 Å². The van der Waals surface area contributed by atoms with Gasteiger partial charge >= 0.3 is 6.03 Å². The van der Waals surface area contributed by atoms with Gasteiger partial charge in [-0.1, -0.05) is 84.9 Å². The van der Waals surface area contributed by atoms with Gasteiger partial charge in [0.05, 0.1) is 12.6 Å². The number of carbonyl (C=O) groups excluding carboxylic acids is 7. The molecule has 2 heterocycles. The highest BCUT2D eigenvalue weighted by Gasteiger charge is 2.35. The molecule has 0 aliphatic heterocycles. The Morgan fingerprint density at radius 3 is 1.49 bits per heavy atom. The van der Waals surface area contributed by atoms with E-state index in [1.54, 1.807) is 73.1 Å². The fraction of sp³-hybridized carbons (Fsp3) is 0.327. The SMILES string of the molecule is NCCN(C[C@H](NC(=O)[C@H](Cc1c[nH]c2ccccc12)NC(=O)[C@H](Cc1c[nH]c2ccccc12)NC(=O)[C@H](CCCN=C(N)N)NC(=O)[C@@H](N)CCCN=C(N)N)C(=O)N[C@@H](Cc1ccccc1)C(N)=O)C(=O)Nc1ccccc1. The van der Waals surface area contributed by atoms with Crippen LogP contribution in [0.25, 0.3) is 21.8 Å². The Labute approximate surface area is 462 Å². The minimum atomic E-state index is -1.58. The number of rotatable bonds is 30. The van der Waals surface area contributed by atoms with Gasteiger partial charge in [-0.3, -0.25) is 38.8 Å². The zero-order chi connectivity index (χ0) is 57.6. The van der Waals surface area contributed by atoms with Crippen molar-refractivity contribution < 1.29 is 33.6 Å². The molecule has 0 spiro atoms. The second-order valence-corrected chi connectivity index (χ2v) is 19.1. The van der Waals surface area contributed by atoms with Crippen molar-refractivity contribution in [1.82, 2.24) is 41.5 Å². The quantitative estimate of drug-likeness (QED) is 0.0154. The lowest BCUT2D eigenvalue weighted by molar-refractivity contribution is -0.135. The number of nitrogens with zero attached hydrogens (tertiary/aromatic N) is 3. The van der Waals surface area contributed by atoms with Gasteiger partial charge < -0.3 is 86.9 Å². The van der Waals surface area contributed by atoms with Gasteiger partial charge in [0.2, 0.25) is 35.4 Å². The van der Waals surface area contributed by atoms with E-state index < -0.39 is 84.3 Å². The van der Waals surface area contributed by atoms with Gasteiger partial charge in [0.1, 0.15) is 30.2 Å². The molecular weight excluding hydrogens is 1020 g/mol. The summed E-state index contributed by atoms with van der Waals surface area (Å²) in [4.78, 5) is 116. The number of amides is 8. The first-order valence-electron chi connectivity index (χ1n) is 26.1. The third kappa shape index (κ3) is 18.1. The lowest BCUT2D eigenvalue weighted by Gasteiger charge is -2.30.